The van der Waals surface area contributed by atoms with Crippen LogP contribution in [0.25, 0.3) is 0 Å². The van der Waals surface area contributed by atoms with Gasteiger partial charge in [-0.2, -0.15) is 0 Å². The molecule has 0 radical (unpaired) electrons. The molecule has 94 valence electrons. The van der Waals surface area contributed by atoms with Gasteiger partial charge in [0.25, 0.3) is 0 Å². The third kappa shape index (κ3) is 2.93. The Bertz CT molecular complexity index is 359. The van der Waals surface area contributed by atoms with Crippen LogP contribution < -0.4 is 5.32 Å². The molecule has 1 atom stereocenters. The quantitative estimate of drug-likeness (QED) is 0.858. The van der Waals surface area contributed by atoms with Crippen LogP contribution >= 0.6 is 11.6 Å². The van der Waals surface area contributed by atoms with Crippen molar-refractivity contribution in [3.63, 3.8) is 0 Å². The summed E-state index contributed by atoms with van der Waals surface area (Å²) in [5, 5.41) is 13.9. The van der Waals surface area contributed by atoms with E-state index in [0.717, 1.165) is 10.7 Å². The molecule has 0 saturated heterocycles. The highest BCUT2D eigenvalue weighted by atomic mass is 35.5. The van der Waals surface area contributed by atoms with Gasteiger partial charge in [-0.25, -0.2) is 0 Å². The van der Waals surface area contributed by atoms with Crippen LogP contribution in [-0.2, 0) is 0 Å². The van der Waals surface area contributed by atoms with Crippen LogP contribution in [0.1, 0.15) is 32.6 Å². The number of benzene rings is 1. The minimum atomic E-state index is -0.218. The Hall–Kier alpha value is -0.730. The molecule has 17 heavy (non-hydrogen) atoms. The topological polar surface area (TPSA) is 32.3 Å². The van der Waals surface area contributed by atoms with E-state index >= 15 is 0 Å². The average Bonchev–Trinajstić information content (AvgIpc) is 2.86. The molecule has 2 N–H and O–H groups in total. The Morgan fingerprint density at radius 2 is 1.88 bits per heavy atom. The summed E-state index contributed by atoms with van der Waals surface area (Å²) in [5.74, 6) is 0.558. The zero-order valence-corrected chi connectivity index (χ0v) is 11.0. The van der Waals surface area contributed by atoms with E-state index in [2.05, 4.69) is 12.2 Å². The molecule has 0 heterocycles. The predicted molar refractivity (Wildman–Crippen MR) is 72.5 cm³/mol. The second-order valence-corrected chi connectivity index (χ2v) is 5.63. The van der Waals surface area contributed by atoms with Gasteiger partial charge in [-0.3, -0.25) is 0 Å². The van der Waals surface area contributed by atoms with Gasteiger partial charge in [0, 0.05) is 10.7 Å². The number of halogens is 1. The average molecular weight is 254 g/mol. The molecule has 1 fully saturated rings. The third-order valence-corrected chi connectivity index (χ3v) is 4.11. The highest BCUT2D eigenvalue weighted by Crippen LogP contribution is 2.36. The van der Waals surface area contributed by atoms with Gasteiger partial charge in [-0.15, -0.1) is 0 Å². The van der Waals surface area contributed by atoms with Gasteiger partial charge in [0.1, 0.15) is 0 Å². The van der Waals surface area contributed by atoms with E-state index in [1.54, 1.807) is 0 Å². The van der Waals surface area contributed by atoms with E-state index in [9.17, 15) is 5.11 Å². The number of nitrogens with one attached hydrogen (secondary N) is 1. The molecular weight excluding hydrogens is 234 g/mol. The van der Waals surface area contributed by atoms with E-state index < -0.39 is 0 Å². The van der Waals surface area contributed by atoms with Crippen molar-refractivity contribution in [2.45, 2.75) is 38.1 Å². The molecule has 2 rings (SSSR count). The number of hydrogen-bond acceptors (Lipinski definition) is 2. The maximum Gasteiger partial charge on any atom is 0.0661 e. The summed E-state index contributed by atoms with van der Waals surface area (Å²) in [6, 6.07) is 7.67. The predicted octanol–water partition coefficient (Wildman–Crippen LogP) is 3.69. The molecule has 0 bridgehead atoms. The van der Waals surface area contributed by atoms with E-state index in [4.69, 9.17) is 11.6 Å². The maximum absolute atomic E-state index is 9.67. The number of aliphatic hydroxyl groups is 1. The lowest BCUT2D eigenvalue weighted by Gasteiger charge is -2.36. The van der Waals surface area contributed by atoms with E-state index in [1.807, 2.05) is 24.3 Å². The van der Waals surface area contributed by atoms with Gasteiger partial charge in [-0.05, 0) is 49.9 Å². The van der Waals surface area contributed by atoms with Gasteiger partial charge in [-0.1, -0.05) is 24.4 Å². The van der Waals surface area contributed by atoms with E-state index in [0.29, 0.717) is 5.92 Å². The lowest BCUT2D eigenvalue weighted by molar-refractivity contribution is 0.172. The Kier molecular flexibility index (Phi) is 3.95. The van der Waals surface area contributed by atoms with Crippen LogP contribution in [0.15, 0.2) is 24.3 Å². The smallest absolute Gasteiger partial charge is 0.0661 e. The first-order valence-corrected chi connectivity index (χ1v) is 6.66. The van der Waals surface area contributed by atoms with Crippen LogP contribution in [0.5, 0.6) is 0 Å². The summed E-state index contributed by atoms with van der Waals surface area (Å²) < 4.78 is 0. The fourth-order valence-electron chi connectivity index (χ4n) is 2.70. The minimum Gasteiger partial charge on any atom is -0.394 e. The van der Waals surface area contributed by atoms with E-state index in [1.165, 1.54) is 25.7 Å². The normalized spacial score (nSPS) is 20.2. The first-order chi connectivity index (χ1) is 8.14. The van der Waals surface area contributed by atoms with Crippen molar-refractivity contribution in [1.82, 2.24) is 0 Å². The van der Waals surface area contributed by atoms with Crippen molar-refractivity contribution in [2.75, 3.05) is 11.9 Å². The van der Waals surface area contributed by atoms with Crippen LogP contribution in [0, 0.1) is 5.92 Å². The molecule has 0 aromatic heterocycles. The summed E-state index contributed by atoms with van der Waals surface area (Å²) in [6.45, 7) is 2.28. The summed E-state index contributed by atoms with van der Waals surface area (Å²) >= 11 is 5.87. The first kappa shape index (κ1) is 12.7. The fourth-order valence-corrected chi connectivity index (χ4v) is 2.82. The number of rotatable bonds is 4. The molecule has 1 aliphatic rings. The SMILES string of the molecule is CC(CO)(Nc1ccc(Cl)cc1)C1CCCC1. The van der Waals surface area contributed by atoms with Crippen molar-refractivity contribution < 1.29 is 5.11 Å². The Labute approximate surface area is 108 Å². The number of anilines is 1. The minimum absolute atomic E-state index is 0.167. The maximum atomic E-state index is 9.67. The number of hydrogen-bond donors (Lipinski definition) is 2. The van der Waals surface area contributed by atoms with Crippen LogP contribution in [-0.4, -0.2) is 17.3 Å². The van der Waals surface area contributed by atoms with Crippen LogP contribution in [0.4, 0.5) is 5.69 Å². The number of aliphatic hydroxyl groups excluding tert-OH is 1. The van der Waals surface area contributed by atoms with Crippen molar-refractivity contribution in [2.24, 2.45) is 5.92 Å². The largest absolute Gasteiger partial charge is 0.394 e. The Morgan fingerprint density at radius 3 is 2.41 bits per heavy atom. The van der Waals surface area contributed by atoms with Crippen molar-refractivity contribution in [3.8, 4) is 0 Å². The molecule has 2 nitrogen and oxygen atoms in total. The molecule has 1 aliphatic carbocycles. The van der Waals surface area contributed by atoms with Gasteiger partial charge in [0.05, 0.1) is 12.1 Å². The monoisotopic (exact) mass is 253 g/mol. The molecule has 1 saturated carbocycles. The highest BCUT2D eigenvalue weighted by Gasteiger charge is 2.35. The lowest BCUT2D eigenvalue weighted by atomic mass is 9.84. The van der Waals surface area contributed by atoms with Crippen molar-refractivity contribution in [3.05, 3.63) is 29.3 Å². The van der Waals surface area contributed by atoms with Gasteiger partial charge in [0.15, 0.2) is 0 Å². The second kappa shape index (κ2) is 5.28. The molecule has 0 amide bonds. The lowest BCUT2D eigenvalue weighted by Crippen LogP contribution is -2.45. The van der Waals surface area contributed by atoms with Gasteiger partial charge < -0.3 is 10.4 Å². The first-order valence-electron chi connectivity index (χ1n) is 6.29. The summed E-state index contributed by atoms with van der Waals surface area (Å²) in [7, 11) is 0. The standard InChI is InChI=1S/C14H20ClNO/c1-14(10-17,11-4-2-3-5-11)16-13-8-6-12(15)7-9-13/h6-9,11,16-17H,2-5,10H2,1H3. The zero-order valence-electron chi connectivity index (χ0n) is 10.2. The molecule has 1 aromatic rings. The van der Waals surface area contributed by atoms with Crippen LogP contribution in [0.2, 0.25) is 5.02 Å². The Balaban J connectivity index is 2.10. The molecule has 1 unspecified atom stereocenters. The molecule has 0 aliphatic heterocycles. The molecular formula is C14H20ClNO. The second-order valence-electron chi connectivity index (χ2n) is 5.19. The summed E-state index contributed by atoms with van der Waals surface area (Å²) in [4.78, 5) is 0. The third-order valence-electron chi connectivity index (χ3n) is 3.86. The van der Waals surface area contributed by atoms with E-state index in [-0.39, 0.29) is 12.1 Å². The van der Waals surface area contributed by atoms with Crippen molar-refractivity contribution >= 4 is 17.3 Å². The molecule has 0 spiro atoms. The highest BCUT2D eigenvalue weighted by molar-refractivity contribution is 6.30. The van der Waals surface area contributed by atoms with Gasteiger partial charge in [0.2, 0.25) is 0 Å². The van der Waals surface area contributed by atoms with Crippen molar-refractivity contribution in [1.29, 1.82) is 0 Å². The Morgan fingerprint density at radius 1 is 1.29 bits per heavy atom. The van der Waals surface area contributed by atoms with Gasteiger partial charge >= 0.3 is 0 Å². The molecule has 3 heteroatoms. The van der Waals surface area contributed by atoms with Crippen LogP contribution in [0.3, 0.4) is 0 Å². The fraction of sp³-hybridized carbons (Fsp3) is 0.571. The zero-order chi connectivity index (χ0) is 12.3. The summed E-state index contributed by atoms with van der Waals surface area (Å²) in [5.41, 5.74) is 0.808. The summed E-state index contributed by atoms with van der Waals surface area (Å²) in [6.07, 6.45) is 4.97. The molecule has 1 aromatic carbocycles.